The molecule has 0 fully saturated rings. The van der Waals surface area contributed by atoms with Gasteiger partial charge in [-0.15, -0.1) is 11.3 Å². The standard InChI is InChI=1S/C11H12N2S2/c1-8(6-12)7-14-11-13-9-4-2-3-5-10(9)15-11/h2-5H,1,6-7,12H2. The maximum atomic E-state index is 5.48. The molecule has 0 bridgehead atoms. The number of fused-ring (bicyclic) bond motifs is 1. The number of thioether (sulfide) groups is 1. The summed E-state index contributed by atoms with van der Waals surface area (Å²) in [7, 11) is 0. The van der Waals surface area contributed by atoms with Crippen molar-refractivity contribution in [2.75, 3.05) is 12.3 Å². The third-order valence-electron chi connectivity index (χ3n) is 1.96. The number of nitrogens with zero attached hydrogens (tertiary/aromatic N) is 1. The summed E-state index contributed by atoms with van der Waals surface area (Å²) in [6.45, 7) is 4.43. The average molecular weight is 236 g/mol. The molecule has 0 saturated heterocycles. The Hall–Kier alpha value is -0.840. The maximum absolute atomic E-state index is 5.48. The van der Waals surface area contributed by atoms with Crippen molar-refractivity contribution in [1.29, 1.82) is 0 Å². The van der Waals surface area contributed by atoms with Crippen LogP contribution in [0.4, 0.5) is 0 Å². The zero-order valence-electron chi connectivity index (χ0n) is 8.27. The van der Waals surface area contributed by atoms with Gasteiger partial charge in [-0.2, -0.15) is 0 Å². The van der Waals surface area contributed by atoms with E-state index in [0.717, 1.165) is 21.2 Å². The number of para-hydroxylation sites is 1. The molecular formula is C11H12N2S2. The van der Waals surface area contributed by atoms with Crippen molar-refractivity contribution in [3.8, 4) is 0 Å². The second-order valence-corrected chi connectivity index (χ2v) is 5.44. The van der Waals surface area contributed by atoms with Gasteiger partial charge in [0.1, 0.15) is 0 Å². The van der Waals surface area contributed by atoms with Gasteiger partial charge in [0.05, 0.1) is 10.2 Å². The Labute approximate surface area is 97.2 Å². The Kier molecular flexibility index (Phi) is 3.41. The molecule has 0 amide bonds. The van der Waals surface area contributed by atoms with E-state index in [4.69, 9.17) is 5.73 Å². The first kappa shape index (κ1) is 10.7. The van der Waals surface area contributed by atoms with Crippen LogP contribution in [0.3, 0.4) is 0 Å². The fourth-order valence-corrected chi connectivity index (χ4v) is 3.12. The van der Waals surface area contributed by atoms with Gasteiger partial charge in [0.25, 0.3) is 0 Å². The van der Waals surface area contributed by atoms with Crippen LogP contribution in [0.25, 0.3) is 10.2 Å². The predicted octanol–water partition coefficient (Wildman–Crippen LogP) is 2.90. The molecule has 0 aliphatic rings. The summed E-state index contributed by atoms with van der Waals surface area (Å²) >= 11 is 3.43. The molecule has 0 spiro atoms. The molecular weight excluding hydrogens is 224 g/mol. The Morgan fingerprint density at radius 2 is 2.27 bits per heavy atom. The van der Waals surface area contributed by atoms with Crippen molar-refractivity contribution in [1.82, 2.24) is 4.98 Å². The highest BCUT2D eigenvalue weighted by Gasteiger charge is 2.03. The number of hydrogen-bond acceptors (Lipinski definition) is 4. The Balaban J connectivity index is 2.12. The topological polar surface area (TPSA) is 38.9 Å². The third-order valence-corrected chi connectivity index (χ3v) is 4.29. The van der Waals surface area contributed by atoms with E-state index in [0.29, 0.717) is 6.54 Å². The number of hydrogen-bond donors (Lipinski definition) is 1. The summed E-state index contributed by atoms with van der Waals surface area (Å²) in [5, 5.41) is 0. The largest absolute Gasteiger partial charge is 0.327 e. The molecule has 2 N–H and O–H groups in total. The number of aromatic nitrogens is 1. The molecule has 1 aromatic heterocycles. The fraction of sp³-hybridized carbons (Fsp3) is 0.182. The summed E-state index contributed by atoms with van der Waals surface area (Å²) in [6.07, 6.45) is 0. The number of nitrogens with two attached hydrogens (primary N) is 1. The highest BCUT2D eigenvalue weighted by molar-refractivity contribution is 8.01. The van der Waals surface area contributed by atoms with Gasteiger partial charge in [-0.05, 0) is 12.1 Å². The lowest BCUT2D eigenvalue weighted by atomic mass is 10.3. The maximum Gasteiger partial charge on any atom is 0.151 e. The van der Waals surface area contributed by atoms with Crippen LogP contribution in [0.5, 0.6) is 0 Å². The first-order valence-electron chi connectivity index (χ1n) is 4.64. The van der Waals surface area contributed by atoms with E-state index in [9.17, 15) is 0 Å². The van der Waals surface area contributed by atoms with Gasteiger partial charge in [-0.1, -0.05) is 36.0 Å². The zero-order valence-corrected chi connectivity index (χ0v) is 9.90. The molecule has 0 radical (unpaired) electrons. The Bertz CT molecular complexity index is 443. The lowest BCUT2D eigenvalue weighted by molar-refractivity contribution is 1.15. The molecule has 0 saturated carbocycles. The molecule has 78 valence electrons. The zero-order chi connectivity index (χ0) is 10.7. The van der Waals surface area contributed by atoms with Gasteiger partial charge < -0.3 is 5.73 Å². The van der Waals surface area contributed by atoms with Crippen molar-refractivity contribution >= 4 is 33.3 Å². The highest BCUT2D eigenvalue weighted by Crippen LogP contribution is 2.29. The van der Waals surface area contributed by atoms with Gasteiger partial charge in [0.15, 0.2) is 4.34 Å². The van der Waals surface area contributed by atoms with Gasteiger partial charge in [0.2, 0.25) is 0 Å². The van der Waals surface area contributed by atoms with Gasteiger partial charge in [0, 0.05) is 12.3 Å². The minimum atomic E-state index is 0.553. The van der Waals surface area contributed by atoms with Crippen molar-refractivity contribution in [3.63, 3.8) is 0 Å². The summed E-state index contributed by atoms with van der Waals surface area (Å²) in [5.41, 5.74) is 7.61. The molecule has 15 heavy (non-hydrogen) atoms. The van der Waals surface area contributed by atoms with Gasteiger partial charge in [-0.3, -0.25) is 0 Å². The molecule has 1 aromatic carbocycles. The van der Waals surface area contributed by atoms with E-state index in [-0.39, 0.29) is 0 Å². The van der Waals surface area contributed by atoms with E-state index in [1.807, 2.05) is 18.2 Å². The SMILES string of the molecule is C=C(CN)CSc1nc2ccccc2s1. The smallest absolute Gasteiger partial charge is 0.151 e. The molecule has 4 heteroatoms. The van der Waals surface area contributed by atoms with Crippen LogP contribution >= 0.6 is 23.1 Å². The molecule has 1 heterocycles. The van der Waals surface area contributed by atoms with Crippen LogP contribution in [-0.2, 0) is 0 Å². The molecule has 0 aliphatic heterocycles. The second kappa shape index (κ2) is 4.79. The number of benzene rings is 1. The second-order valence-electron chi connectivity index (χ2n) is 3.19. The normalized spacial score (nSPS) is 10.7. The minimum absolute atomic E-state index is 0.553. The van der Waals surface area contributed by atoms with Crippen LogP contribution in [0.1, 0.15) is 0 Å². The summed E-state index contributed by atoms with van der Waals surface area (Å²) in [6, 6.07) is 8.17. The molecule has 2 nitrogen and oxygen atoms in total. The Morgan fingerprint density at radius 1 is 1.47 bits per heavy atom. The number of thiazole rings is 1. The number of rotatable bonds is 4. The lowest BCUT2D eigenvalue weighted by Crippen LogP contribution is -2.03. The first-order chi connectivity index (χ1) is 7.29. The fourth-order valence-electron chi connectivity index (χ4n) is 1.14. The molecule has 0 unspecified atom stereocenters. The molecule has 2 aromatic rings. The lowest BCUT2D eigenvalue weighted by Gasteiger charge is -1.97. The van der Waals surface area contributed by atoms with E-state index in [1.165, 1.54) is 4.70 Å². The van der Waals surface area contributed by atoms with Crippen molar-refractivity contribution < 1.29 is 0 Å². The average Bonchev–Trinajstić information content (AvgIpc) is 2.68. The molecule has 0 atom stereocenters. The van der Waals surface area contributed by atoms with Crippen LogP contribution < -0.4 is 5.73 Å². The van der Waals surface area contributed by atoms with Crippen molar-refractivity contribution in [2.24, 2.45) is 5.73 Å². The van der Waals surface area contributed by atoms with Gasteiger partial charge in [-0.25, -0.2) is 4.98 Å². The predicted molar refractivity (Wildman–Crippen MR) is 68.5 cm³/mol. The third kappa shape index (κ3) is 2.59. The first-order valence-corrected chi connectivity index (χ1v) is 6.45. The quantitative estimate of drug-likeness (QED) is 0.655. The van der Waals surface area contributed by atoms with Crippen LogP contribution in [0.15, 0.2) is 40.8 Å². The van der Waals surface area contributed by atoms with Crippen LogP contribution in [0, 0.1) is 0 Å². The van der Waals surface area contributed by atoms with E-state index >= 15 is 0 Å². The van der Waals surface area contributed by atoms with E-state index in [2.05, 4.69) is 17.6 Å². The van der Waals surface area contributed by atoms with Crippen molar-refractivity contribution in [2.45, 2.75) is 4.34 Å². The van der Waals surface area contributed by atoms with E-state index in [1.54, 1.807) is 23.1 Å². The molecule has 2 rings (SSSR count). The summed E-state index contributed by atoms with van der Waals surface area (Å²) < 4.78 is 2.32. The van der Waals surface area contributed by atoms with E-state index < -0.39 is 0 Å². The highest BCUT2D eigenvalue weighted by atomic mass is 32.2. The summed E-state index contributed by atoms with van der Waals surface area (Å²) in [5.74, 6) is 0.857. The molecule has 0 aliphatic carbocycles. The summed E-state index contributed by atoms with van der Waals surface area (Å²) in [4.78, 5) is 4.52. The monoisotopic (exact) mass is 236 g/mol. The van der Waals surface area contributed by atoms with Crippen LogP contribution in [-0.4, -0.2) is 17.3 Å². The van der Waals surface area contributed by atoms with Gasteiger partial charge >= 0.3 is 0 Å². The Morgan fingerprint density at radius 3 is 3.00 bits per heavy atom. The minimum Gasteiger partial charge on any atom is -0.327 e. The van der Waals surface area contributed by atoms with Crippen LogP contribution in [0.2, 0.25) is 0 Å². The van der Waals surface area contributed by atoms with Crippen molar-refractivity contribution in [3.05, 3.63) is 36.4 Å².